The maximum Gasteiger partial charge on any atom is 0.349 e. The van der Waals surface area contributed by atoms with Crippen LogP contribution in [0.15, 0.2) is 42.0 Å². The van der Waals surface area contributed by atoms with Crippen molar-refractivity contribution >= 4 is 18.0 Å². The molecule has 1 aliphatic carbocycles. The highest BCUT2D eigenvalue weighted by molar-refractivity contribution is 5.99. The molecule has 1 heterocycles. The molecular formula is C25H29N3O3. The molecule has 162 valence electrons. The van der Waals surface area contributed by atoms with Crippen LogP contribution >= 0.6 is 0 Å². The van der Waals surface area contributed by atoms with Crippen LogP contribution in [0, 0.1) is 31.1 Å². The summed E-state index contributed by atoms with van der Waals surface area (Å²) in [6.45, 7) is 6.52. The predicted molar refractivity (Wildman–Crippen MR) is 119 cm³/mol. The zero-order valence-electron chi connectivity index (χ0n) is 18.4. The second-order valence-corrected chi connectivity index (χ2v) is 8.02. The standard InChI is InChI=1S/C25H29N3O3/c1-4-12-28-17(2)13-21(18(28)3)14-22(15-26)25(30)31-16-23(29)27-24(20-10-11-20)19-8-6-5-7-9-19/h5-9,13-14,20,24H,4,10-12,16H2,1-3H3,(H,27,29)/b22-14+. The molecule has 1 N–H and O–H groups in total. The lowest BCUT2D eigenvalue weighted by Crippen LogP contribution is -2.33. The van der Waals surface area contributed by atoms with Crippen LogP contribution in [0.4, 0.5) is 0 Å². The van der Waals surface area contributed by atoms with Gasteiger partial charge in [-0.15, -0.1) is 0 Å². The molecule has 0 spiro atoms. The van der Waals surface area contributed by atoms with Crippen molar-refractivity contribution in [1.82, 2.24) is 9.88 Å². The van der Waals surface area contributed by atoms with Gasteiger partial charge in [-0.2, -0.15) is 5.26 Å². The zero-order valence-corrected chi connectivity index (χ0v) is 18.4. The minimum atomic E-state index is -0.791. The smallest absolute Gasteiger partial charge is 0.349 e. The Morgan fingerprint density at radius 2 is 2.00 bits per heavy atom. The molecule has 0 bridgehead atoms. The van der Waals surface area contributed by atoms with Crippen LogP contribution in [-0.4, -0.2) is 23.1 Å². The third-order valence-corrected chi connectivity index (χ3v) is 5.60. The van der Waals surface area contributed by atoms with E-state index in [1.54, 1.807) is 0 Å². The molecule has 3 rings (SSSR count). The highest BCUT2D eigenvalue weighted by Gasteiger charge is 2.33. The monoisotopic (exact) mass is 419 g/mol. The molecule has 31 heavy (non-hydrogen) atoms. The topological polar surface area (TPSA) is 84.1 Å². The Morgan fingerprint density at radius 1 is 1.29 bits per heavy atom. The van der Waals surface area contributed by atoms with Gasteiger partial charge in [0.2, 0.25) is 0 Å². The number of hydrogen-bond acceptors (Lipinski definition) is 4. The van der Waals surface area contributed by atoms with Gasteiger partial charge in [-0.05, 0) is 62.3 Å². The summed E-state index contributed by atoms with van der Waals surface area (Å²) in [7, 11) is 0. The Morgan fingerprint density at radius 3 is 2.61 bits per heavy atom. The minimum Gasteiger partial charge on any atom is -0.451 e. The summed E-state index contributed by atoms with van der Waals surface area (Å²) in [6, 6.07) is 13.6. The lowest BCUT2D eigenvalue weighted by atomic mass is 10.0. The van der Waals surface area contributed by atoms with Gasteiger partial charge in [0.15, 0.2) is 6.61 Å². The molecule has 1 unspecified atom stereocenters. The number of amides is 1. The molecule has 1 amide bonds. The van der Waals surface area contributed by atoms with Gasteiger partial charge in [0, 0.05) is 17.9 Å². The van der Waals surface area contributed by atoms with Crippen LogP contribution in [0.3, 0.4) is 0 Å². The number of nitrogens with one attached hydrogen (secondary N) is 1. The van der Waals surface area contributed by atoms with E-state index in [0.717, 1.165) is 48.3 Å². The first-order valence-electron chi connectivity index (χ1n) is 10.7. The molecule has 2 aromatic rings. The molecule has 0 saturated heterocycles. The van der Waals surface area contributed by atoms with Gasteiger partial charge in [-0.25, -0.2) is 4.79 Å². The maximum absolute atomic E-state index is 12.4. The van der Waals surface area contributed by atoms with E-state index < -0.39 is 12.6 Å². The first-order valence-corrected chi connectivity index (χ1v) is 10.7. The van der Waals surface area contributed by atoms with E-state index in [9.17, 15) is 14.9 Å². The Labute approximate surface area is 183 Å². The average Bonchev–Trinajstić information content (AvgIpc) is 3.58. The van der Waals surface area contributed by atoms with Crippen LogP contribution in [0.25, 0.3) is 6.08 Å². The van der Waals surface area contributed by atoms with Gasteiger partial charge >= 0.3 is 5.97 Å². The third-order valence-electron chi connectivity index (χ3n) is 5.60. The zero-order chi connectivity index (χ0) is 22.4. The normalized spacial score (nSPS) is 14.6. The van der Waals surface area contributed by atoms with Crippen molar-refractivity contribution in [2.45, 2.75) is 52.6 Å². The van der Waals surface area contributed by atoms with E-state index in [-0.39, 0.29) is 17.5 Å². The summed E-state index contributed by atoms with van der Waals surface area (Å²) in [4.78, 5) is 24.8. The van der Waals surface area contributed by atoms with E-state index >= 15 is 0 Å². The summed E-state index contributed by atoms with van der Waals surface area (Å²) >= 11 is 0. The van der Waals surface area contributed by atoms with E-state index in [0.29, 0.717) is 5.92 Å². The number of esters is 1. The number of carbonyl (C=O) groups is 2. The number of carbonyl (C=O) groups excluding carboxylic acids is 2. The number of rotatable bonds is 9. The van der Waals surface area contributed by atoms with Gasteiger partial charge in [-0.3, -0.25) is 4.79 Å². The number of nitriles is 1. The lowest BCUT2D eigenvalue weighted by Gasteiger charge is -2.18. The molecule has 1 atom stereocenters. The fourth-order valence-electron chi connectivity index (χ4n) is 3.82. The molecule has 6 nitrogen and oxygen atoms in total. The maximum atomic E-state index is 12.4. The highest BCUT2D eigenvalue weighted by atomic mass is 16.5. The van der Waals surface area contributed by atoms with Crippen LogP contribution in [0.2, 0.25) is 0 Å². The molecular weight excluding hydrogens is 390 g/mol. The number of hydrogen-bond donors (Lipinski definition) is 1. The highest BCUT2D eigenvalue weighted by Crippen LogP contribution is 2.40. The van der Waals surface area contributed by atoms with Gasteiger partial charge in [0.25, 0.3) is 5.91 Å². The SMILES string of the molecule is CCCn1c(C)cc(/C=C(\C#N)C(=O)OCC(=O)NC(c2ccccc2)C2CC2)c1C. The summed E-state index contributed by atoms with van der Waals surface area (Å²) in [5.74, 6) is -0.747. The van der Waals surface area contributed by atoms with E-state index in [4.69, 9.17) is 4.74 Å². The molecule has 0 aliphatic heterocycles. The van der Waals surface area contributed by atoms with Crippen molar-refractivity contribution in [3.63, 3.8) is 0 Å². The van der Waals surface area contributed by atoms with Crippen molar-refractivity contribution < 1.29 is 14.3 Å². The molecule has 1 aromatic carbocycles. The van der Waals surface area contributed by atoms with Crippen molar-refractivity contribution in [2.24, 2.45) is 5.92 Å². The van der Waals surface area contributed by atoms with E-state index in [1.807, 2.05) is 56.3 Å². The molecule has 6 heteroatoms. The van der Waals surface area contributed by atoms with E-state index in [1.165, 1.54) is 6.08 Å². The number of aromatic nitrogens is 1. The second-order valence-electron chi connectivity index (χ2n) is 8.02. The van der Waals surface area contributed by atoms with E-state index in [2.05, 4.69) is 16.8 Å². The Kier molecular flexibility index (Phi) is 7.30. The van der Waals surface area contributed by atoms with Gasteiger partial charge < -0.3 is 14.6 Å². The summed E-state index contributed by atoms with van der Waals surface area (Å²) in [6.07, 6.45) is 4.66. The number of aryl methyl sites for hydroxylation is 1. The summed E-state index contributed by atoms with van der Waals surface area (Å²) < 4.78 is 7.30. The fraction of sp³-hybridized carbons (Fsp3) is 0.400. The number of ether oxygens (including phenoxy) is 1. The van der Waals surface area contributed by atoms with Crippen molar-refractivity contribution in [3.8, 4) is 6.07 Å². The Hall–Kier alpha value is -3.33. The van der Waals surface area contributed by atoms with Crippen LogP contribution < -0.4 is 5.32 Å². The average molecular weight is 420 g/mol. The second kappa shape index (κ2) is 10.1. The Balaban J connectivity index is 1.62. The Bertz CT molecular complexity index is 1010. The van der Waals surface area contributed by atoms with Gasteiger partial charge in [0.05, 0.1) is 6.04 Å². The largest absolute Gasteiger partial charge is 0.451 e. The van der Waals surface area contributed by atoms with Crippen molar-refractivity contribution in [2.75, 3.05) is 6.61 Å². The van der Waals surface area contributed by atoms with Crippen LogP contribution in [0.1, 0.15) is 54.7 Å². The molecule has 0 radical (unpaired) electrons. The van der Waals surface area contributed by atoms with Gasteiger partial charge in [-0.1, -0.05) is 37.3 Å². The van der Waals surface area contributed by atoms with Crippen molar-refractivity contribution in [3.05, 3.63) is 64.5 Å². The summed E-state index contributed by atoms with van der Waals surface area (Å²) in [5.41, 5.74) is 3.80. The van der Waals surface area contributed by atoms with Crippen LogP contribution in [-0.2, 0) is 20.9 Å². The fourth-order valence-corrected chi connectivity index (χ4v) is 3.82. The first-order chi connectivity index (χ1) is 14.9. The lowest BCUT2D eigenvalue weighted by molar-refractivity contribution is -0.144. The molecule has 1 saturated carbocycles. The molecule has 1 aromatic heterocycles. The van der Waals surface area contributed by atoms with Crippen molar-refractivity contribution in [1.29, 1.82) is 5.26 Å². The molecule has 1 fully saturated rings. The summed E-state index contributed by atoms with van der Waals surface area (Å²) in [5, 5.41) is 12.4. The predicted octanol–water partition coefficient (Wildman–Crippen LogP) is 4.23. The first kappa shape index (κ1) is 22.4. The van der Waals surface area contributed by atoms with Crippen LogP contribution in [0.5, 0.6) is 0 Å². The minimum absolute atomic E-state index is 0.0812. The quantitative estimate of drug-likeness (QED) is 0.374. The van der Waals surface area contributed by atoms with Gasteiger partial charge in [0.1, 0.15) is 11.6 Å². The number of nitrogens with zero attached hydrogens (tertiary/aromatic N) is 2. The number of benzene rings is 1. The third kappa shape index (κ3) is 5.64. The molecule has 1 aliphatic rings.